The van der Waals surface area contributed by atoms with Gasteiger partial charge in [0, 0.05) is 35.2 Å². The van der Waals surface area contributed by atoms with E-state index in [1.54, 1.807) is 35.7 Å². The minimum atomic E-state index is -0.490. The molecule has 0 saturated carbocycles. The summed E-state index contributed by atoms with van der Waals surface area (Å²) in [5, 5.41) is 33.1. The molecule has 1 aromatic heterocycles. The Balaban J connectivity index is 1.87. The van der Waals surface area contributed by atoms with Crippen molar-refractivity contribution >= 4 is 34.4 Å². The van der Waals surface area contributed by atoms with Crippen LogP contribution in [-0.2, 0) is 0 Å². The monoisotopic (exact) mass is 378 g/mol. The maximum Gasteiger partial charge on any atom is 0.269 e. The fraction of sp³-hybridized carbons (Fsp3) is 0. The molecule has 0 aliphatic heterocycles. The van der Waals surface area contributed by atoms with E-state index in [1.807, 2.05) is 0 Å². The first-order valence-electron chi connectivity index (χ1n) is 7.55. The van der Waals surface area contributed by atoms with Gasteiger partial charge >= 0.3 is 0 Å². The summed E-state index contributed by atoms with van der Waals surface area (Å²) in [6.07, 6.45) is 1.60. The molecular formula is C18H10N4O4S. The fourth-order valence-electron chi connectivity index (χ4n) is 2.28. The molecule has 0 aliphatic carbocycles. The maximum absolute atomic E-state index is 10.7. The summed E-state index contributed by atoms with van der Waals surface area (Å²) < 4.78 is 0. The summed E-state index contributed by atoms with van der Waals surface area (Å²) in [6, 6.07) is 13.9. The lowest BCUT2D eigenvalue weighted by Gasteiger charge is -1.97. The molecule has 0 amide bonds. The van der Waals surface area contributed by atoms with Crippen molar-refractivity contribution in [3.63, 3.8) is 0 Å². The van der Waals surface area contributed by atoms with Gasteiger partial charge in [0.05, 0.1) is 21.1 Å². The van der Waals surface area contributed by atoms with Crippen LogP contribution < -0.4 is 0 Å². The third-order valence-corrected chi connectivity index (χ3v) is 4.52. The SMILES string of the molecule is N#CC(=Cc1ccc([N+](=O)[O-])cc1)c1nc(-c2ccc([N+](=O)[O-])cc2)cs1. The molecule has 0 bridgehead atoms. The molecule has 9 heteroatoms. The summed E-state index contributed by atoms with van der Waals surface area (Å²) in [7, 11) is 0. The molecule has 0 fully saturated rings. The van der Waals surface area contributed by atoms with Crippen LogP contribution in [0, 0.1) is 31.6 Å². The van der Waals surface area contributed by atoms with Crippen LogP contribution in [-0.4, -0.2) is 14.8 Å². The highest BCUT2D eigenvalue weighted by molar-refractivity contribution is 7.11. The smallest absolute Gasteiger partial charge is 0.258 e. The molecule has 0 N–H and O–H groups in total. The van der Waals surface area contributed by atoms with Crippen molar-refractivity contribution in [2.24, 2.45) is 0 Å². The Morgan fingerprint density at radius 2 is 1.56 bits per heavy atom. The average Bonchev–Trinajstić information content (AvgIpc) is 3.16. The predicted octanol–water partition coefficient (Wildman–Crippen LogP) is 4.69. The van der Waals surface area contributed by atoms with Crippen LogP contribution in [0.15, 0.2) is 53.9 Å². The third kappa shape index (κ3) is 4.02. The Morgan fingerprint density at radius 3 is 2.07 bits per heavy atom. The Bertz CT molecular complexity index is 1080. The zero-order chi connectivity index (χ0) is 19.4. The van der Waals surface area contributed by atoms with Gasteiger partial charge in [-0.25, -0.2) is 4.98 Å². The second-order valence-corrected chi connectivity index (χ2v) is 6.22. The van der Waals surface area contributed by atoms with Crippen LogP contribution in [0.5, 0.6) is 0 Å². The van der Waals surface area contributed by atoms with E-state index < -0.39 is 9.85 Å². The number of aromatic nitrogens is 1. The van der Waals surface area contributed by atoms with Crippen LogP contribution >= 0.6 is 11.3 Å². The highest BCUT2D eigenvalue weighted by atomic mass is 32.1. The number of thiazole rings is 1. The maximum atomic E-state index is 10.7. The Kier molecular flexibility index (Phi) is 5.01. The summed E-state index contributed by atoms with van der Waals surface area (Å²) in [5.74, 6) is 0. The van der Waals surface area contributed by atoms with Crippen LogP contribution in [0.1, 0.15) is 10.6 Å². The molecule has 0 atom stereocenters. The number of nitrogens with zero attached hydrogens (tertiary/aromatic N) is 4. The minimum Gasteiger partial charge on any atom is -0.258 e. The van der Waals surface area contributed by atoms with Crippen LogP contribution in [0.4, 0.5) is 11.4 Å². The van der Waals surface area contributed by atoms with Gasteiger partial charge in [0.25, 0.3) is 11.4 Å². The Morgan fingerprint density at radius 1 is 1.00 bits per heavy atom. The van der Waals surface area contributed by atoms with Gasteiger partial charge in [0.15, 0.2) is 0 Å². The van der Waals surface area contributed by atoms with Crippen molar-refractivity contribution in [3.05, 3.63) is 84.7 Å². The third-order valence-electron chi connectivity index (χ3n) is 3.64. The molecule has 0 spiro atoms. The lowest BCUT2D eigenvalue weighted by Crippen LogP contribution is -1.88. The molecule has 0 radical (unpaired) electrons. The van der Waals surface area contributed by atoms with Crippen molar-refractivity contribution in [3.8, 4) is 17.3 Å². The topological polar surface area (TPSA) is 123 Å². The van der Waals surface area contributed by atoms with Gasteiger partial charge in [-0.15, -0.1) is 11.3 Å². The normalized spacial score (nSPS) is 11.0. The number of non-ortho nitro benzene ring substituents is 2. The molecule has 3 aromatic rings. The molecule has 8 nitrogen and oxygen atoms in total. The van der Waals surface area contributed by atoms with Gasteiger partial charge in [-0.1, -0.05) is 0 Å². The number of nitro benzene ring substituents is 2. The molecule has 27 heavy (non-hydrogen) atoms. The van der Waals surface area contributed by atoms with E-state index in [2.05, 4.69) is 11.1 Å². The summed E-state index contributed by atoms with van der Waals surface area (Å²) in [4.78, 5) is 24.9. The molecule has 0 saturated heterocycles. The van der Waals surface area contributed by atoms with Crippen molar-refractivity contribution in [1.82, 2.24) is 4.98 Å². The van der Waals surface area contributed by atoms with E-state index in [0.29, 0.717) is 27.4 Å². The quantitative estimate of drug-likeness (QED) is 0.360. The van der Waals surface area contributed by atoms with Crippen LogP contribution in [0.3, 0.4) is 0 Å². The largest absolute Gasteiger partial charge is 0.269 e. The van der Waals surface area contributed by atoms with Gasteiger partial charge in [-0.05, 0) is 35.9 Å². The number of allylic oxidation sites excluding steroid dienone is 1. The molecule has 1 heterocycles. The number of benzene rings is 2. The van der Waals surface area contributed by atoms with Gasteiger partial charge in [-0.3, -0.25) is 20.2 Å². The lowest BCUT2D eigenvalue weighted by molar-refractivity contribution is -0.385. The number of nitro groups is 2. The standard InChI is InChI=1S/C18H10N4O4S/c19-10-14(9-12-1-5-15(6-2-12)21(23)24)18-20-17(11-27-18)13-3-7-16(8-4-13)22(25)26/h1-9,11H. The number of nitriles is 1. The first-order valence-corrected chi connectivity index (χ1v) is 8.43. The fourth-order valence-corrected chi connectivity index (χ4v) is 3.08. The number of rotatable bonds is 5. The van der Waals surface area contributed by atoms with E-state index >= 15 is 0 Å². The van der Waals surface area contributed by atoms with Crippen molar-refractivity contribution in [2.45, 2.75) is 0 Å². The van der Waals surface area contributed by atoms with Crippen LogP contribution in [0.2, 0.25) is 0 Å². The molecule has 0 aliphatic rings. The Labute approximate surface area is 157 Å². The summed E-state index contributed by atoms with van der Waals surface area (Å²) in [6.45, 7) is 0. The van der Waals surface area contributed by atoms with Gasteiger partial charge in [-0.2, -0.15) is 5.26 Å². The highest BCUT2D eigenvalue weighted by Gasteiger charge is 2.11. The zero-order valence-electron chi connectivity index (χ0n) is 13.6. The van der Waals surface area contributed by atoms with E-state index in [4.69, 9.17) is 0 Å². The van der Waals surface area contributed by atoms with Gasteiger partial charge in [0.2, 0.25) is 0 Å². The first kappa shape index (κ1) is 17.9. The molecule has 132 valence electrons. The number of hydrogen-bond acceptors (Lipinski definition) is 7. The van der Waals surface area contributed by atoms with E-state index in [-0.39, 0.29) is 11.4 Å². The Hall–Kier alpha value is -3.90. The van der Waals surface area contributed by atoms with Crippen molar-refractivity contribution < 1.29 is 9.85 Å². The molecule has 2 aromatic carbocycles. The van der Waals surface area contributed by atoms with Gasteiger partial charge in [0.1, 0.15) is 11.1 Å². The van der Waals surface area contributed by atoms with Crippen molar-refractivity contribution in [1.29, 1.82) is 5.26 Å². The molecule has 3 rings (SSSR count). The van der Waals surface area contributed by atoms with E-state index in [1.165, 1.54) is 35.6 Å². The minimum absolute atomic E-state index is 0.00927. The first-order chi connectivity index (χ1) is 13.0. The molecular weight excluding hydrogens is 368 g/mol. The van der Waals surface area contributed by atoms with Crippen LogP contribution in [0.25, 0.3) is 22.9 Å². The molecule has 0 unspecified atom stereocenters. The van der Waals surface area contributed by atoms with Crippen molar-refractivity contribution in [2.75, 3.05) is 0 Å². The predicted molar refractivity (Wildman–Crippen MR) is 101 cm³/mol. The second kappa shape index (κ2) is 7.55. The zero-order valence-corrected chi connectivity index (χ0v) is 14.4. The highest BCUT2D eigenvalue weighted by Crippen LogP contribution is 2.28. The van der Waals surface area contributed by atoms with Gasteiger partial charge < -0.3 is 0 Å². The second-order valence-electron chi connectivity index (χ2n) is 5.36. The van der Waals surface area contributed by atoms with E-state index in [0.717, 1.165) is 0 Å². The summed E-state index contributed by atoms with van der Waals surface area (Å²) in [5.41, 5.74) is 2.24. The summed E-state index contributed by atoms with van der Waals surface area (Å²) >= 11 is 1.27. The van der Waals surface area contributed by atoms with E-state index in [9.17, 15) is 25.5 Å². The number of hydrogen-bond donors (Lipinski definition) is 0. The average molecular weight is 378 g/mol. The lowest BCUT2D eigenvalue weighted by atomic mass is 10.1.